The Bertz CT molecular complexity index is 567. The van der Waals surface area contributed by atoms with Crippen LogP contribution in [0.2, 0.25) is 0 Å². The first-order valence-electron chi connectivity index (χ1n) is 7.30. The molecule has 0 saturated carbocycles. The van der Waals surface area contributed by atoms with Gasteiger partial charge in [0.05, 0.1) is 5.56 Å². The zero-order valence-electron chi connectivity index (χ0n) is 11.8. The van der Waals surface area contributed by atoms with Crippen LogP contribution in [-0.2, 0) is 6.42 Å². The maximum absolute atomic E-state index is 12.4. The summed E-state index contributed by atoms with van der Waals surface area (Å²) >= 11 is 0. The van der Waals surface area contributed by atoms with Gasteiger partial charge in [-0.3, -0.25) is 4.90 Å². The first-order valence-corrected chi connectivity index (χ1v) is 7.30. The Morgan fingerprint density at radius 3 is 2.76 bits per heavy atom. The standard InChI is InChI=1S/C15H19N3O3/c19-14(20)11-2-1-10-5-8-18(13(10)9-11)15(21)17-12-3-6-16-7-4-12/h1-2,9,12,16H,3-8H2,(H,17,21)(H,19,20). The van der Waals surface area contributed by atoms with Gasteiger partial charge in [0.25, 0.3) is 0 Å². The summed E-state index contributed by atoms with van der Waals surface area (Å²) in [6.07, 6.45) is 2.64. The van der Waals surface area contributed by atoms with E-state index in [9.17, 15) is 9.59 Å². The van der Waals surface area contributed by atoms with Crippen molar-refractivity contribution in [3.8, 4) is 0 Å². The topological polar surface area (TPSA) is 81.7 Å². The van der Waals surface area contributed by atoms with Crippen molar-refractivity contribution < 1.29 is 14.7 Å². The van der Waals surface area contributed by atoms with Crippen molar-refractivity contribution in [1.29, 1.82) is 0 Å². The molecule has 1 aromatic carbocycles. The van der Waals surface area contributed by atoms with E-state index in [2.05, 4.69) is 10.6 Å². The lowest BCUT2D eigenvalue weighted by Gasteiger charge is -2.27. The van der Waals surface area contributed by atoms with Gasteiger partial charge in [0.15, 0.2) is 0 Å². The molecule has 0 spiro atoms. The third kappa shape index (κ3) is 2.85. The predicted octanol–water partition coefficient (Wildman–Crippen LogP) is 1.21. The fourth-order valence-corrected chi connectivity index (χ4v) is 2.94. The molecular weight excluding hydrogens is 270 g/mol. The molecule has 2 heterocycles. The molecule has 1 saturated heterocycles. The number of anilines is 1. The van der Waals surface area contributed by atoms with Gasteiger partial charge in [0.1, 0.15) is 0 Å². The molecule has 21 heavy (non-hydrogen) atoms. The summed E-state index contributed by atoms with van der Waals surface area (Å²) in [5.41, 5.74) is 1.97. The minimum atomic E-state index is -0.969. The molecule has 6 heteroatoms. The Morgan fingerprint density at radius 2 is 2.05 bits per heavy atom. The average Bonchev–Trinajstić information content (AvgIpc) is 2.91. The lowest BCUT2D eigenvalue weighted by atomic mass is 10.1. The maximum atomic E-state index is 12.4. The van der Waals surface area contributed by atoms with E-state index in [0.29, 0.717) is 6.54 Å². The zero-order chi connectivity index (χ0) is 14.8. The van der Waals surface area contributed by atoms with Crippen molar-refractivity contribution in [1.82, 2.24) is 10.6 Å². The van der Waals surface area contributed by atoms with E-state index in [0.717, 1.165) is 43.6 Å². The second-order valence-electron chi connectivity index (χ2n) is 5.52. The Morgan fingerprint density at radius 1 is 1.29 bits per heavy atom. The Balaban J connectivity index is 1.74. The van der Waals surface area contributed by atoms with Gasteiger partial charge < -0.3 is 15.7 Å². The molecule has 6 nitrogen and oxygen atoms in total. The molecule has 0 aliphatic carbocycles. The number of amides is 2. The van der Waals surface area contributed by atoms with E-state index in [1.807, 2.05) is 0 Å². The van der Waals surface area contributed by atoms with Crippen molar-refractivity contribution in [3.63, 3.8) is 0 Å². The van der Waals surface area contributed by atoms with Gasteiger partial charge >= 0.3 is 12.0 Å². The quantitative estimate of drug-likeness (QED) is 0.764. The van der Waals surface area contributed by atoms with Crippen molar-refractivity contribution in [3.05, 3.63) is 29.3 Å². The molecule has 0 atom stereocenters. The predicted molar refractivity (Wildman–Crippen MR) is 78.9 cm³/mol. The van der Waals surface area contributed by atoms with E-state index in [4.69, 9.17) is 5.11 Å². The van der Waals surface area contributed by atoms with Gasteiger partial charge in [-0.1, -0.05) is 6.07 Å². The van der Waals surface area contributed by atoms with Crippen LogP contribution in [0.3, 0.4) is 0 Å². The van der Waals surface area contributed by atoms with Gasteiger partial charge in [0, 0.05) is 18.3 Å². The van der Waals surface area contributed by atoms with Gasteiger partial charge in [-0.2, -0.15) is 0 Å². The third-order valence-electron chi connectivity index (χ3n) is 4.14. The molecular formula is C15H19N3O3. The number of rotatable bonds is 2. The second-order valence-corrected chi connectivity index (χ2v) is 5.52. The van der Waals surface area contributed by atoms with E-state index < -0.39 is 5.97 Å². The zero-order valence-corrected chi connectivity index (χ0v) is 11.8. The number of carboxylic acid groups (broad SMARTS) is 1. The number of fused-ring (bicyclic) bond motifs is 1. The van der Waals surface area contributed by atoms with Gasteiger partial charge in [-0.25, -0.2) is 9.59 Å². The molecule has 2 aliphatic heterocycles. The molecule has 0 radical (unpaired) electrons. The number of carbonyl (C=O) groups excluding carboxylic acids is 1. The summed E-state index contributed by atoms with van der Waals surface area (Å²) in [4.78, 5) is 25.1. The highest BCUT2D eigenvalue weighted by Gasteiger charge is 2.27. The van der Waals surface area contributed by atoms with Crippen molar-refractivity contribution in [2.75, 3.05) is 24.5 Å². The number of carboxylic acids is 1. The van der Waals surface area contributed by atoms with E-state index >= 15 is 0 Å². The van der Waals surface area contributed by atoms with E-state index in [-0.39, 0.29) is 17.6 Å². The molecule has 2 amide bonds. The van der Waals surface area contributed by atoms with Crippen LogP contribution in [0.15, 0.2) is 18.2 Å². The molecule has 3 rings (SSSR count). The molecule has 0 unspecified atom stereocenters. The second kappa shape index (κ2) is 5.73. The number of carbonyl (C=O) groups is 2. The lowest BCUT2D eigenvalue weighted by molar-refractivity contribution is 0.0697. The Labute approximate surface area is 123 Å². The third-order valence-corrected chi connectivity index (χ3v) is 4.14. The number of piperidine rings is 1. The normalized spacial score (nSPS) is 18.4. The van der Waals surface area contributed by atoms with Crippen molar-refractivity contribution >= 4 is 17.7 Å². The highest BCUT2D eigenvalue weighted by molar-refractivity contribution is 5.97. The largest absolute Gasteiger partial charge is 0.478 e. The first kappa shape index (κ1) is 13.9. The Kier molecular flexibility index (Phi) is 3.79. The average molecular weight is 289 g/mol. The highest BCUT2D eigenvalue weighted by Crippen LogP contribution is 2.29. The summed E-state index contributed by atoms with van der Waals surface area (Å²) in [7, 11) is 0. The molecule has 0 bridgehead atoms. The van der Waals surface area contributed by atoms with E-state index in [1.54, 1.807) is 23.1 Å². The minimum absolute atomic E-state index is 0.122. The number of hydrogen-bond donors (Lipinski definition) is 3. The summed E-state index contributed by atoms with van der Waals surface area (Å²) in [5.74, 6) is -0.969. The summed E-state index contributed by atoms with van der Waals surface area (Å²) in [5, 5.41) is 15.4. The van der Waals surface area contributed by atoms with Crippen LogP contribution in [0.1, 0.15) is 28.8 Å². The lowest BCUT2D eigenvalue weighted by Crippen LogP contribution is -2.48. The van der Waals surface area contributed by atoms with Crippen LogP contribution >= 0.6 is 0 Å². The smallest absolute Gasteiger partial charge is 0.335 e. The number of aromatic carboxylic acids is 1. The van der Waals surface area contributed by atoms with Crippen LogP contribution in [-0.4, -0.2) is 42.8 Å². The molecule has 112 valence electrons. The summed E-state index contributed by atoms with van der Waals surface area (Å²) in [6.45, 7) is 2.45. The Hall–Kier alpha value is -2.08. The monoisotopic (exact) mass is 289 g/mol. The number of hydrogen-bond acceptors (Lipinski definition) is 3. The molecule has 2 aliphatic rings. The summed E-state index contributed by atoms with van der Waals surface area (Å²) < 4.78 is 0. The first-order chi connectivity index (χ1) is 10.1. The number of urea groups is 1. The molecule has 3 N–H and O–H groups in total. The van der Waals surface area contributed by atoms with Crippen LogP contribution in [0, 0.1) is 0 Å². The van der Waals surface area contributed by atoms with Crippen LogP contribution < -0.4 is 15.5 Å². The molecule has 1 fully saturated rings. The van der Waals surface area contributed by atoms with Gasteiger partial charge in [-0.05, 0) is 50.0 Å². The van der Waals surface area contributed by atoms with Gasteiger partial charge in [-0.15, -0.1) is 0 Å². The summed E-state index contributed by atoms with van der Waals surface area (Å²) in [6, 6.07) is 5.06. The van der Waals surface area contributed by atoms with Gasteiger partial charge in [0.2, 0.25) is 0 Å². The number of nitrogens with one attached hydrogen (secondary N) is 2. The number of benzene rings is 1. The fraction of sp³-hybridized carbons (Fsp3) is 0.467. The maximum Gasteiger partial charge on any atom is 0.335 e. The van der Waals surface area contributed by atoms with Crippen molar-refractivity contribution in [2.24, 2.45) is 0 Å². The van der Waals surface area contributed by atoms with Crippen molar-refractivity contribution in [2.45, 2.75) is 25.3 Å². The highest BCUT2D eigenvalue weighted by atomic mass is 16.4. The minimum Gasteiger partial charge on any atom is -0.478 e. The fourth-order valence-electron chi connectivity index (χ4n) is 2.94. The molecule has 1 aromatic rings. The van der Waals surface area contributed by atoms with E-state index in [1.165, 1.54) is 0 Å². The molecule has 0 aromatic heterocycles. The SMILES string of the molecule is O=C(O)c1ccc2c(c1)N(C(=O)NC1CCNCC1)CC2. The van der Waals surface area contributed by atoms with Crippen LogP contribution in [0.4, 0.5) is 10.5 Å². The van der Waals surface area contributed by atoms with Crippen LogP contribution in [0.25, 0.3) is 0 Å². The van der Waals surface area contributed by atoms with Crippen LogP contribution in [0.5, 0.6) is 0 Å². The number of nitrogens with zero attached hydrogens (tertiary/aromatic N) is 1.